The van der Waals surface area contributed by atoms with E-state index in [1.165, 1.54) is 12.1 Å². The van der Waals surface area contributed by atoms with Crippen molar-refractivity contribution in [3.63, 3.8) is 0 Å². The lowest BCUT2D eigenvalue weighted by molar-refractivity contribution is -0.149. The van der Waals surface area contributed by atoms with E-state index in [2.05, 4.69) is 0 Å². The second-order valence-corrected chi connectivity index (χ2v) is 4.60. The Balaban J connectivity index is 2.71. The van der Waals surface area contributed by atoms with Crippen LogP contribution in [0, 0.1) is 5.82 Å². The highest BCUT2D eigenvalue weighted by Crippen LogP contribution is 2.13. The van der Waals surface area contributed by atoms with E-state index in [4.69, 9.17) is 4.74 Å². The molecule has 0 fully saturated rings. The van der Waals surface area contributed by atoms with Crippen molar-refractivity contribution in [3.8, 4) is 0 Å². The van der Waals surface area contributed by atoms with E-state index in [0.717, 1.165) is 18.4 Å². The molecule has 1 atom stereocenters. The van der Waals surface area contributed by atoms with Crippen molar-refractivity contribution in [1.29, 1.82) is 0 Å². The van der Waals surface area contributed by atoms with Crippen LogP contribution >= 0.6 is 0 Å². The van der Waals surface area contributed by atoms with E-state index in [9.17, 15) is 9.18 Å². The minimum absolute atomic E-state index is 0.205. The van der Waals surface area contributed by atoms with Crippen LogP contribution in [0.25, 0.3) is 0 Å². The van der Waals surface area contributed by atoms with Gasteiger partial charge in [0, 0.05) is 6.54 Å². The molecule has 0 amide bonds. The molecule has 0 N–H and O–H groups in total. The van der Waals surface area contributed by atoms with E-state index >= 15 is 0 Å². The van der Waals surface area contributed by atoms with Crippen LogP contribution in [-0.4, -0.2) is 30.6 Å². The maximum absolute atomic E-state index is 13.1. The third-order valence-electron chi connectivity index (χ3n) is 2.97. The van der Waals surface area contributed by atoms with Gasteiger partial charge in [-0.2, -0.15) is 0 Å². The van der Waals surface area contributed by atoms with Gasteiger partial charge in [-0.1, -0.05) is 25.5 Å². The average Bonchev–Trinajstić information content (AvgIpc) is 2.36. The Kier molecular flexibility index (Phi) is 6.50. The molecule has 1 aromatic carbocycles. The molecule has 19 heavy (non-hydrogen) atoms. The van der Waals surface area contributed by atoms with Crippen LogP contribution < -0.4 is 0 Å². The molecule has 0 aliphatic heterocycles. The summed E-state index contributed by atoms with van der Waals surface area (Å²) in [7, 11) is 1.86. The zero-order chi connectivity index (χ0) is 14.3. The number of hydrogen-bond donors (Lipinski definition) is 0. The summed E-state index contributed by atoms with van der Waals surface area (Å²) in [5.41, 5.74) is 0.855. The first-order valence-electron chi connectivity index (χ1n) is 6.69. The third kappa shape index (κ3) is 4.99. The second-order valence-electron chi connectivity index (χ2n) is 4.60. The Morgan fingerprint density at radius 2 is 2.16 bits per heavy atom. The largest absolute Gasteiger partial charge is 0.465 e. The van der Waals surface area contributed by atoms with Gasteiger partial charge in [-0.3, -0.25) is 9.69 Å². The first-order valence-corrected chi connectivity index (χ1v) is 6.69. The van der Waals surface area contributed by atoms with Gasteiger partial charge >= 0.3 is 5.97 Å². The molecule has 1 rings (SSSR count). The van der Waals surface area contributed by atoms with Gasteiger partial charge in [-0.15, -0.1) is 0 Å². The number of rotatable bonds is 7. The van der Waals surface area contributed by atoms with Crippen molar-refractivity contribution >= 4 is 5.97 Å². The van der Waals surface area contributed by atoms with Gasteiger partial charge in [0.1, 0.15) is 11.9 Å². The van der Waals surface area contributed by atoms with Crippen molar-refractivity contribution in [2.75, 3.05) is 13.7 Å². The van der Waals surface area contributed by atoms with E-state index in [-0.39, 0.29) is 17.8 Å². The molecular weight excluding hydrogens is 245 g/mol. The van der Waals surface area contributed by atoms with Crippen LogP contribution in [0.1, 0.15) is 32.3 Å². The summed E-state index contributed by atoms with van der Waals surface area (Å²) in [4.78, 5) is 13.8. The van der Waals surface area contributed by atoms with E-state index in [0.29, 0.717) is 13.2 Å². The first kappa shape index (κ1) is 15.6. The SMILES string of the molecule is CCCC(C(=O)OCC)N(C)Cc1cccc(F)c1. The highest BCUT2D eigenvalue weighted by atomic mass is 19.1. The lowest BCUT2D eigenvalue weighted by Gasteiger charge is -2.26. The highest BCUT2D eigenvalue weighted by Gasteiger charge is 2.23. The van der Waals surface area contributed by atoms with Crippen LogP contribution in [0.5, 0.6) is 0 Å². The summed E-state index contributed by atoms with van der Waals surface area (Å²) >= 11 is 0. The van der Waals surface area contributed by atoms with E-state index in [1.807, 2.05) is 24.9 Å². The number of ether oxygens (including phenoxy) is 1. The summed E-state index contributed by atoms with van der Waals surface area (Å²) in [6, 6.07) is 6.17. The summed E-state index contributed by atoms with van der Waals surface area (Å²) in [5, 5.41) is 0. The molecule has 0 aromatic heterocycles. The number of hydrogen-bond acceptors (Lipinski definition) is 3. The maximum atomic E-state index is 13.1. The molecule has 1 unspecified atom stereocenters. The number of benzene rings is 1. The molecule has 0 aliphatic rings. The standard InChI is InChI=1S/C15H22FNO2/c1-4-7-14(15(18)19-5-2)17(3)11-12-8-6-9-13(16)10-12/h6,8-10,14H,4-5,7,11H2,1-3H3. The number of carbonyl (C=O) groups is 1. The third-order valence-corrected chi connectivity index (χ3v) is 2.97. The van der Waals surface area contributed by atoms with Gasteiger partial charge < -0.3 is 4.74 Å². The van der Waals surface area contributed by atoms with Crippen molar-refractivity contribution in [2.24, 2.45) is 0 Å². The predicted molar refractivity (Wildman–Crippen MR) is 73.2 cm³/mol. The molecular formula is C15H22FNO2. The normalized spacial score (nSPS) is 12.5. The Labute approximate surface area is 114 Å². The molecule has 0 spiro atoms. The molecule has 106 valence electrons. The average molecular weight is 267 g/mol. The molecule has 0 saturated carbocycles. The van der Waals surface area contributed by atoms with Crippen molar-refractivity contribution in [1.82, 2.24) is 4.90 Å². The van der Waals surface area contributed by atoms with Crippen LogP contribution in [0.4, 0.5) is 4.39 Å². The molecule has 3 nitrogen and oxygen atoms in total. The summed E-state index contributed by atoms with van der Waals surface area (Å²) in [6.45, 7) is 4.74. The lowest BCUT2D eigenvalue weighted by atomic mass is 10.1. The quantitative estimate of drug-likeness (QED) is 0.711. The second kappa shape index (κ2) is 7.89. The monoisotopic (exact) mass is 267 g/mol. The maximum Gasteiger partial charge on any atom is 0.323 e. The topological polar surface area (TPSA) is 29.5 Å². The summed E-state index contributed by atoms with van der Waals surface area (Å²) < 4.78 is 18.2. The predicted octanol–water partition coefficient (Wildman–Crippen LogP) is 2.99. The lowest BCUT2D eigenvalue weighted by Crippen LogP contribution is -2.39. The van der Waals surface area contributed by atoms with Gasteiger partial charge in [0.2, 0.25) is 0 Å². The van der Waals surface area contributed by atoms with Gasteiger partial charge in [-0.25, -0.2) is 4.39 Å². The van der Waals surface area contributed by atoms with Crippen LogP contribution in [0.3, 0.4) is 0 Å². The minimum atomic E-state index is -0.270. The van der Waals surface area contributed by atoms with Crippen LogP contribution in [0.15, 0.2) is 24.3 Å². The highest BCUT2D eigenvalue weighted by molar-refractivity contribution is 5.75. The first-order chi connectivity index (χ1) is 9.08. The molecule has 0 radical (unpaired) electrons. The summed E-state index contributed by atoms with van der Waals surface area (Å²) in [6.07, 6.45) is 1.64. The molecule has 1 aromatic rings. The van der Waals surface area contributed by atoms with Crippen molar-refractivity contribution < 1.29 is 13.9 Å². The molecule has 4 heteroatoms. The zero-order valence-corrected chi connectivity index (χ0v) is 11.9. The van der Waals surface area contributed by atoms with E-state index in [1.54, 1.807) is 13.0 Å². The van der Waals surface area contributed by atoms with Crippen LogP contribution in [0.2, 0.25) is 0 Å². The Morgan fingerprint density at radius 1 is 1.42 bits per heavy atom. The Hall–Kier alpha value is -1.42. The smallest absolute Gasteiger partial charge is 0.323 e. The number of carbonyl (C=O) groups excluding carboxylic acids is 1. The zero-order valence-electron chi connectivity index (χ0n) is 11.9. The van der Waals surface area contributed by atoms with Gasteiger partial charge in [0.05, 0.1) is 6.61 Å². The minimum Gasteiger partial charge on any atom is -0.465 e. The Morgan fingerprint density at radius 3 is 2.74 bits per heavy atom. The number of nitrogens with zero attached hydrogens (tertiary/aromatic N) is 1. The number of likely N-dealkylation sites (N-methyl/N-ethyl adjacent to an activating group) is 1. The molecule has 0 heterocycles. The fourth-order valence-corrected chi connectivity index (χ4v) is 2.06. The molecule has 0 saturated heterocycles. The van der Waals surface area contributed by atoms with Crippen molar-refractivity contribution in [3.05, 3.63) is 35.6 Å². The Bertz CT molecular complexity index is 409. The molecule has 0 bridgehead atoms. The van der Waals surface area contributed by atoms with Gasteiger partial charge in [-0.05, 0) is 38.1 Å². The van der Waals surface area contributed by atoms with Gasteiger partial charge in [0.25, 0.3) is 0 Å². The fraction of sp³-hybridized carbons (Fsp3) is 0.533. The van der Waals surface area contributed by atoms with Crippen LogP contribution in [-0.2, 0) is 16.1 Å². The number of esters is 1. The number of halogens is 1. The van der Waals surface area contributed by atoms with Gasteiger partial charge in [0.15, 0.2) is 0 Å². The van der Waals surface area contributed by atoms with Crippen molar-refractivity contribution in [2.45, 2.75) is 39.3 Å². The summed E-state index contributed by atoms with van der Waals surface area (Å²) in [5.74, 6) is -0.461. The van der Waals surface area contributed by atoms with E-state index < -0.39 is 0 Å². The fourth-order valence-electron chi connectivity index (χ4n) is 2.06. The molecule has 0 aliphatic carbocycles.